The molecule has 1 aromatic carbocycles. The Morgan fingerprint density at radius 2 is 2.04 bits per heavy atom. The third kappa shape index (κ3) is 4.01. The summed E-state index contributed by atoms with van der Waals surface area (Å²) in [4.78, 5) is 14.7. The van der Waals surface area contributed by atoms with Gasteiger partial charge in [0.1, 0.15) is 17.2 Å². The molecule has 3 rings (SSSR count). The highest BCUT2D eigenvalue weighted by atomic mass is 16.5. The van der Waals surface area contributed by atoms with E-state index in [0.717, 1.165) is 17.9 Å². The van der Waals surface area contributed by atoms with Gasteiger partial charge in [0.25, 0.3) is 5.56 Å². The Balaban J connectivity index is 1.67. The molecule has 0 aliphatic carbocycles. The van der Waals surface area contributed by atoms with Crippen molar-refractivity contribution in [1.82, 2.24) is 15.2 Å². The van der Waals surface area contributed by atoms with E-state index in [0.29, 0.717) is 24.5 Å². The first kappa shape index (κ1) is 15.8. The minimum atomic E-state index is -0.299. The van der Waals surface area contributed by atoms with Gasteiger partial charge in [0.05, 0.1) is 19.3 Å². The largest absolute Gasteiger partial charge is 0.494 e. The summed E-state index contributed by atoms with van der Waals surface area (Å²) < 4.78 is 10.7. The third-order valence-corrected chi connectivity index (χ3v) is 3.28. The molecular weight excluding hydrogens is 308 g/mol. The molecule has 2 heterocycles. The molecule has 7 heteroatoms. The van der Waals surface area contributed by atoms with E-state index in [2.05, 4.69) is 27.4 Å². The smallest absolute Gasteiger partial charge is 0.274 e. The van der Waals surface area contributed by atoms with Crippen LogP contribution in [0.1, 0.15) is 24.8 Å². The van der Waals surface area contributed by atoms with E-state index in [1.165, 1.54) is 0 Å². The van der Waals surface area contributed by atoms with Crippen molar-refractivity contribution in [3.8, 4) is 5.75 Å². The monoisotopic (exact) mass is 326 g/mol. The van der Waals surface area contributed by atoms with E-state index < -0.39 is 0 Å². The van der Waals surface area contributed by atoms with Crippen molar-refractivity contribution in [2.45, 2.75) is 19.8 Å². The van der Waals surface area contributed by atoms with Crippen molar-refractivity contribution >= 4 is 11.6 Å². The molecule has 0 radical (unpaired) electrons. The van der Waals surface area contributed by atoms with Crippen LogP contribution in [0.3, 0.4) is 0 Å². The molecule has 3 aromatic rings. The van der Waals surface area contributed by atoms with E-state index in [-0.39, 0.29) is 11.5 Å². The summed E-state index contributed by atoms with van der Waals surface area (Å²) in [5, 5.41) is 11.0. The molecule has 24 heavy (non-hydrogen) atoms. The minimum absolute atomic E-state index is 0.283. The summed E-state index contributed by atoms with van der Waals surface area (Å²) in [6, 6.07) is 11.0. The number of nitrogens with one attached hydrogen (secondary N) is 2. The number of furan rings is 1. The van der Waals surface area contributed by atoms with Crippen LogP contribution in [0.25, 0.3) is 0 Å². The Hall–Kier alpha value is -3.09. The molecule has 0 atom stereocenters. The van der Waals surface area contributed by atoms with Crippen LogP contribution in [0.4, 0.5) is 11.6 Å². The Morgan fingerprint density at radius 3 is 2.71 bits per heavy atom. The average molecular weight is 326 g/mol. The lowest BCUT2D eigenvalue weighted by molar-refractivity contribution is 0.317. The molecule has 2 N–H and O–H groups in total. The molecule has 0 aliphatic heterocycles. The number of hydrogen-bond donors (Lipinski definition) is 2. The minimum Gasteiger partial charge on any atom is -0.494 e. The van der Waals surface area contributed by atoms with Crippen LogP contribution in [0.2, 0.25) is 0 Å². The zero-order chi connectivity index (χ0) is 16.8. The van der Waals surface area contributed by atoms with Crippen LogP contribution in [0, 0.1) is 0 Å². The number of aromatic nitrogens is 3. The maximum Gasteiger partial charge on any atom is 0.274 e. The second kappa shape index (κ2) is 7.45. The van der Waals surface area contributed by atoms with Crippen LogP contribution >= 0.6 is 0 Å². The van der Waals surface area contributed by atoms with Gasteiger partial charge in [0, 0.05) is 5.69 Å². The number of rotatable bonds is 7. The van der Waals surface area contributed by atoms with Crippen molar-refractivity contribution in [1.29, 1.82) is 0 Å². The van der Waals surface area contributed by atoms with Crippen LogP contribution in [0.5, 0.6) is 5.75 Å². The molecule has 0 saturated carbocycles. The molecular formula is C17H18N4O3. The first-order valence-electron chi connectivity index (χ1n) is 7.72. The maximum absolute atomic E-state index is 12.1. The lowest BCUT2D eigenvalue weighted by Crippen LogP contribution is -2.18. The van der Waals surface area contributed by atoms with Crippen molar-refractivity contribution in [3.63, 3.8) is 0 Å². The average Bonchev–Trinajstić information content (AvgIpc) is 3.10. The molecule has 124 valence electrons. The molecule has 2 aromatic heterocycles. The fraction of sp³-hybridized carbons (Fsp3) is 0.235. The number of aromatic amines is 1. The van der Waals surface area contributed by atoms with E-state index in [4.69, 9.17) is 9.15 Å². The molecule has 0 aliphatic rings. The summed E-state index contributed by atoms with van der Waals surface area (Å²) in [6.07, 6.45) is 2.82. The van der Waals surface area contributed by atoms with Gasteiger partial charge >= 0.3 is 0 Å². The second-order valence-corrected chi connectivity index (χ2v) is 5.20. The van der Waals surface area contributed by atoms with Gasteiger partial charge in [-0.2, -0.15) is 0 Å². The predicted octanol–water partition coefficient (Wildman–Crippen LogP) is 2.88. The number of H-pyrrole nitrogens is 1. The van der Waals surface area contributed by atoms with Crippen molar-refractivity contribution < 1.29 is 9.15 Å². The van der Waals surface area contributed by atoms with Crippen LogP contribution in [0.15, 0.2) is 51.9 Å². The maximum atomic E-state index is 12.1. The number of benzene rings is 1. The summed E-state index contributed by atoms with van der Waals surface area (Å²) in [5.41, 5.74) is 0.785. The van der Waals surface area contributed by atoms with Crippen molar-refractivity contribution in [2.75, 3.05) is 11.9 Å². The number of nitrogens with zero attached hydrogens (tertiary/aromatic N) is 2. The van der Waals surface area contributed by atoms with Gasteiger partial charge < -0.3 is 14.5 Å². The molecule has 0 amide bonds. The second-order valence-electron chi connectivity index (χ2n) is 5.20. The lowest BCUT2D eigenvalue weighted by atomic mass is 10.2. The van der Waals surface area contributed by atoms with Gasteiger partial charge in [-0.1, -0.05) is 6.92 Å². The SMILES string of the molecule is CCCOc1ccc(Nc2nnc(Cc3ccco3)c(=O)[nH]2)cc1. The summed E-state index contributed by atoms with van der Waals surface area (Å²) in [5.74, 6) is 1.75. The van der Waals surface area contributed by atoms with Crippen LogP contribution in [-0.4, -0.2) is 21.8 Å². The Labute approximate surface area is 138 Å². The molecule has 7 nitrogen and oxygen atoms in total. The lowest BCUT2D eigenvalue weighted by Gasteiger charge is -2.07. The standard InChI is InChI=1S/C17H18N4O3/c1-2-9-23-13-7-5-12(6-8-13)18-17-19-16(22)15(20-21-17)11-14-4-3-10-24-14/h3-8,10H,2,9,11H2,1H3,(H2,18,19,21,22). The van der Waals surface area contributed by atoms with Gasteiger partial charge in [-0.25, -0.2) is 0 Å². The zero-order valence-electron chi connectivity index (χ0n) is 13.3. The zero-order valence-corrected chi connectivity index (χ0v) is 13.3. The van der Waals surface area contributed by atoms with Crippen LogP contribution < -0.4 is 15.6 Å². The van der Waals surface area contributed by atoms with Crippen LogP contribution in [-0.2, 0) is 6.42 Å². The first-order valence-corrected chi connectivity index (χ1v) is 7.72. The molecule has 0 fully saturated rings. The topological polar surface area (TPSA) is 93.0 Å². The highest BCUT2D eigenvalue weighted by Crippen LogP contribution is 2.17. The van der Waals surface area contributed by atoms with Gasteiger partial charge in [0.15, 0.2) is 0 Å². The van der Waals surface area contributed by atoms with Gasteiger partial charge in [-0.05, 0) is 42.8 Å². The molecule has 0 bridgehead atoms. The van der Waals surface area contributed by atoms with E-state index in [1.54, 1.807) is 18.4 Å². The van der Waals surface area contributed by atoms with Gasteiger partial charge in [-0.3, -0.25) is 9.78 Å². The van der Waals surface area contributed by atoms with Crippen molar-refractivity contribution in [3.05, 3.63) is 64.5 Å². The highest BCUT2D eigenvalue weighted by Gasteiger charge is 2.08. The molecule has 0 saturated heterocycles. The third-order valence-electron chi connectivity index (χ3n) is 3.28. The normalized spacial score (nSPS) is 10.5. The van der Waals surface area contributed by atoms with E-state index in [9.17, 15) is 4.79 Å². The fourth-order valence-corrected chi connectivity index (χ4v) is 2.10. The Morgan fingerprint density at radius 1 is 1.21 bits per heavy atom. The predicted molar refractivity (Wildman–Crippen MR) is 89.7 cm³/mol. The van der Waals surface area contributed by atoms with Gasteiger partial charge in [-0.15, -0.1) is 10.2 Å². The molecule has 0 spiro atoms. The van der Waals surface area contributed by atoms with Crippen molar-refractivity contribution in [2.24, 2.45) is 0 Å². The molecule has 0 unspecified atom stereocenters. The summed E-state index contributed by atoms with van der Waals surface area (Å²) >= 11 is 0. The first-order chi connectivity index (χ1) is 11.7. The number of ether oxygens (including phenoxy) is 1. The Kier molecular flexibility index (Phi) is 4.90. The summed E-state index contributed by atoms with van der Waals surface area (Å²) in [7, 11) is 0. The quantitative estimate of drug-likeness (QED) is 0.693. The summed E-state index contributed by atoms with van der Waals surface area (Å²) in [6.45, 7) is 2.74. The Bertz CT molecular complexity index is 826. The number of anilines is 2. The van der Waals surface area contributed by atoms with E-state index >= 15 is 0 Å². The van der Waals surface area contributed by atoms with E-state index in [1.807, 2.05) is 24.3 Å². The van der Waals surface area contributed by atoms with Gasteiger partial charge in [0.2, 0.25) is 5.95 Å². The fourth-order valence-electron chi connectivity index (χ4n) is 2.10. The number of hydrogen-bond acceptors (Lipinski definition) is 6. The highest BCUT2D eigenvalue weighted by molar-refractivity contribution is 5.54.